The maximum absolute atomic E-state index is 5.75. The van der Waals surface area contributed by atoms with Gasteiger partial charge in [-0.3, -0.25) is 0 Å². The molecule has 102 valence electrons. The highest BCUT2D eigenvalue weighted by atomic mass is 32.1. The fourth-order valence-corrected chi connectivity index (χ4v) is 2.77. The van der Waals surface area contributed by atoms with Crippen LogP contribution in [0.3, 0.4) is 0 Å². The van der Waals surface area contributed by atoms with Gasteiger partial charge < -0.3 is 10.3 Å². The first-order chi connectivity index (χ1) is 9.81. The van der Waals surface area contributed by atoms with Crippen molar-refractivity contribution in [1.82, 2.24) is 10.1 Å². The Hall–Kier alpha value is -2.14. The van der Waals surface area contributed by atoms with Crippen LogP contribution < -0.4 is 5.73 Å². The Morgan fingerprint density at radius 1 is 1.15 bits per heavy atom. The lowest BCUT2D eigenvalue weighted by Crippen LogP contribution is -1.89. The molecule has 5 heteroatoms. The highest BCUT2D eigenvalue weighted by molar-refractivity contribution is 7.09. The lowest BCUT2D eigenvalue weighted by molar-refractivity contribution is 0.376. The van der Waals surface area contributed by atoms with Crippen LogP contribution in [0.5, 0.6) is 0 Å². The molecule has 3 aromatic rings. The maximum atomic E-state index is 5.75. The van der Waals surface area contributed by atoms with Gasteiger partial charge in [0, 0.05) is 22.5 Å². The molecule has 0 fully saturated rings. The quantitative estimate of drug-likeness (QED) is 0.728. The zero-order valence-corrected chi connectivity index (χ0v) is 11.8. The van der Waals surface area contributed by atoms with Crippen molar-refractivity contribution in [1.29, 1.82) is 0 Å². The first kappa shape index (κ1) is 12.9. The Morgan fingerprint density at radius 2 is 2.10 bits per heavy atom. The molecule has 0 radical (unpaired) electrons. The average Bonchev–Trinajstić information content (AvgIpc) is 3.10. The third-order valence-corrected chi connectivity index (χ3v) is 3.94. The number of rotatable bonds is 5. The molecule has 20 heavy (non-hydrogen) atoms. The Kier molecular flexibility index (Phi) is 3.78. The molecule has 0 bridgehead atoms. The number of thiophene rings is 1. The van der Waals surface area contributed by atoms with E-state index in [2.05, 4.69) is 27.7 Å². The standard InChI is InChI=1S/C15H15N3OS/c16-12-5-1-4-11(10-12)15-17-14(19-18-15)8-2-6-13-7-3-9-20-13/h1,3-5,7,9-10H,2,6,8,16H2. The van der Waals surface area contributed by atoms with Crippen molar-refractivity contribution in [3.8, 4) is 11.4 Å². The average molecular weight is 285 g/mol. The summed E-state index contributed by atoms with van der Waals surface area (Å²) in [5, 5.41) is 6.10. The van der Waals surface area contributed by atoms with Gasteiger partial charge in [0.15, 0.2) is 0 Å². The predicted octanol–water partition coefficient (Wildman–Crippen LogP) is 3.56. The first-order valence-electron chi connectivity index (χ1n) is 6.52. The van der Waals surface area contributed by atoms with Crippen molar-refractivity contribution in [2.24, 2.45) is 0 Å². The molecule has 0 aliphatic rings. The number of hydrogen-bond donors (Lipinski definition) is 1. The van der Waals surface area contributed by atoms with Gasteiger partial charge in [0.05, 0.1) is 0 Å². The Balaban J connectivity index is 1.62. The van der Waals surface area contributed by atoms with Gasteiger partial charge in [-0.05, 0) is 36.4 Å². The second-order valence-electron chi connectivity index (χ2n) is 4.57. The molecule has 1 aromatic carbocycles. The van der Waals surface area contributed by atoms with E-state index in [-0.39, 0.29) is 0 Å². The van der Waals surface area contributed by atoms with E-state index in [4.69, 9.17) is 10.3 Å². The molecule has 0 saturated carbocycles. The molecule has 0 unspecified atom stereocenters. The number of aryl methyl sites for hydroxylation is 2. The number of benzene rings is 1. The van der Waals surface area contributed by atoms with Crippen molar-refractivity contribution in [3.05, 3.63) is 52.5 Å². The third-order valence-electron chi connectivity index (χ3n) is 3.01. The van der Waals surface area contributed by atoms with Crippen LogP contribution in [0, 0.1) is 0 Å². The number of hydrogen-bond acceptors (Lipinski definition) is 5. The molecule has 0 amide bonds. The Labute approximate surface area is 121 Å². The first-order valence-corrected chi connectivity index (χ1v) is 7.40. The molecule has 0 saturated heterocycles. The third kappa shape index (κ3) is 3.05. The summed E-state index contributed by atoms with van der Waals surface area (Å²) >= 11 is 1.78. The molecule has 3 rings (SSSR count). The van der Waals surface area contributed by atoms with Gasteiger partial charge in [-0.1, -0.05) is 23.4 Å². The number of nitrogen functional groups attached to an aromatic ring is 1. The summed E-state index contributed by atoms with van der Waals surface area (Å²) in [6.07, 6.45) is 2.86. The Bertz CT molecular complexity index is 676. The summed E-state index contributed by atoms with van der Waals surface area (Å²) in [7, 11) is 0. The van der Waals surface area contributed by atoms with Crippen LogP contribution in [0.1, 0.15) is 17.2 Å². The fraction of sp³-hybridized carbons (Fsp3) is 0.200. The van der Waals surface area contributed by atoms with Gasteiger partial charge in [-0.2, -0.15) is 4.98 Å². The second kappa shape index (κ2) is 5.88. The number of nitrogens with zero attached hydrogens (tertiary/aromatic N) is 2. The number of aromatic nitrogens is 2. The molecule has 0 spiro atoms. The minimum atomic E-state index is 0.600. The molecule has 0 aliphatic heterocycles. The van der Waals surface area contributed by atoms with E-state index >= 15 is 0 Å². The van der Waals surface area contributed by atoms with Gasteiger partial charge in [0.25, 0.3) is 0 Å². The molecular formula is C15H15N3OS. The van der Waals surface area contributed by atoms with Crippen molar-refractivity contribution in [2.45, 2.75) is 19.3 Å². The molecular weight excluding hydrogens is 270 g/mol. The van der Waals surface area contributed by atoms with Gasteiger partial charge in [0.1, 0.15) is 0 Å². The van der Waals surface area contributed by atoms with E-state index in [1.54, 1.807) is 11.3 Å². The molecule has 2 heterocycles. The summed E-state index contributed by atoms with van der Waals surface area (Å²) in [5.41, 5.74) is 7.34. The Morgan fingerprint density at radius 3 is 2.90 bits per heavy atom. The summed E-state index contributed by atoms with van der Waals surface area (Å²) in [5.74, 6) is 1.28. The predicted molar refractivity (Wildman–Crippen MR) is 80.5 cm³/mol. The van der Waals surface area contributed by atoms with E-state index in [9.17, 15) is 0 Å². The van der Waals surface area contributed by atoms with Crippen LogP contribution in [0.4, 0.5) is 5.69 Å². The van der Waals surface area contributed by atoms with Gasteiger partial charge in [0.2, 0.25) is 11.7 Å². The summed E-state index contributed by atoms with van der Waals surface area (Å²) < 4.78 is 5.28. The zero-order chi connectivity index (χ0) is 13.8. The summed E-state index contributed by atoms with van der Waals surface area (Å²) in [4.78, 5) is 5.80. The van der Waals surface area contributed by atoms with Crippen molar-refractivity contribution < 1.29 is 4.52 Å². The van der Waals surface area contributed by atoms with Crippen molar-refractivity contribution >= 4 is 17.0 Å². The SMILES string of the molecule is Nc1cccc(-c2noc(CCCc3cccs3)n2)c1. The van der Waals surface area contributed by atoms with E-state index < -0.39 is 0 Å². The lowest BCUT2D eigenvalue weighted by atomic mass is 10.2. The topological polar surface area (TPSA) is 64.9 Å². The van der Waals surface area contributed by atoms with Gasteiger partial charge >= 0.3 is 0 Å². The van der Waals surface area contributed by atoms with E-state index in [1.807, 2.05) is 24.3 Å². The monoisotopic (exact) mass is 285 g/mol. The molecule has 0 aliphatic carbocycles. The highest BCUT2D eigenvalue weighted by Gasteiger charge is 2.08. The van der Waals surface area contributed by atoms with E-state index in [0.29, 0.717) is 17.4 Å². The zero-order valence-electron chi connectivity index (χ0n) is 11.0. The maximum Gasteiger partial charge on any atom is 0.226 e. The molecule has 0 atom stereocenters. The summed E-state index contributed by atoms with van der Waals surface area (Å²) in [6, 6.07) is 11.7. The minimum absolute atomic E-state index is 0.600. The molecule has 2 aromatic heterocycles. The number of anilines is 1. The minimum Gasteiger partial charge on any atom is -0.399 e. The normalized spacial score (nSPS) is 10.8. The van der Waals surface area contributed by atoms with Crippen LogP contribution >= 0.6 is 11.3 Å². The van der Waals surface area contributed by atoms with Crippen LogP contribution in [-0.4, -0.2) is 10.1 Å². The van der Waals surface area contributed by atoms with Crippen LogP contribution in [-0.2, 0) is 12.8 Å². The number of nitrogens with two attached hydrogens (primary N) is 1. The highest BCUT2D eigenvalue weighted by Crippen LogP contribution is 2.19. The lowest BCUT2D eigenvalue weighted by Gasteiger charge is -1.95. The van der Waals surface area contributed by atoms with Crippen LogP contribution in [0.2, 0.25) is 0 Å². The van der Waals surface area contributed by atoms with Gasteiger partial charge in [-0.25, -0.2) is 0 Å². The fourth-order valence-electron chi connectivity index (χ4n) is 2.02. The second-order valence-corrected chi connectivity index (χ2v) is 5.60. The smallest absolute Gasteiger partial charge is 0.226 e. The van der Waals surface area contributed by atoms with Gasteiger partial charge in [-0.15, -0.1) is 11.3 Å². The van der Waals surface area contributed by atoms with Crippen molar-refractivity contribution in [2.75, 3.05) is 5.73 Å². The van der Waals surface area contributed by atoms with Crippen molar-refractivity contribution in [3.63, 3.8) is 0 Å². The molecule has 2 N–H and O–H groups in total. The van der Waals surface area contributed by atoms with Crippen LogP contribution in [0.15, 0.2) is 46.3 Å². The summed E-state index contributed by atoms with van der Waals surface area (Å²) in [6.45, 7) is 0. The van der Waals surface area contributed by atoms with Crippen LogP contribution in [0.25, 0.3) is 11.4 Å². The van der Waals surface area contributed by atoms with E-state index in [1.165, 1.54) is 4.88 Å². The van der Waals surface area contributed by atoms with E-state index in [0.717, 1.165) is 24.8 Å². The largest absolute Gasteiger partial charge is 0.399 e. The molecule has 4 nitrogen and oxygen atoms in total.